The number of nitrogens with zero attached hydrogens (tertiary/aromatic N) is 1. The smallest absolute Gasteiger partial charge is 0.221 e. The van der Waals surface area contributed by atoms with Crippen LogP contribution in [0.25, 0.3) is 0 Å². The minimum Gasteiger partial charge on any atom is -0.357 e. The van der Waals surface area contributed by atoms with Crippen LogP contribution in [-0.4, -0.2) is 38.0 Å². The molecule has 0 saturated carbocycles. The summed E-state index contributed by atoms with van der Waals surface area (Å²) in [5.74, 6) is 1.20. The van der Waals surface area contributed by atoms with Crippen LogP contribution in [0.15, 0.2) is 29.3 Å². The van der Waals surface area contributed by atoms with Gasteiger partial charge in [-0.2, -0.15) is 0 Å². The van der Waals surface area contributed by atoms with E-state index in [9.17, 15) is 4.79 Å². The molecule has 1 aromatic rings. The molecule has 0 aliphatic carbocycles. The summed E-state index contributed by atoms with van der Waals surface area (Å²) in [5, 5.41) is 9.32. The van der Waals surface area contributed by atoms with E-state index >= 15 is 0 Å². The lowest BCUT2D eigenvalue weighted by atomic mass is 10.0. The first kappa shape index (κ1) is 20.0. The first-order valence-electron chi connectivity index (χ1n) is 8.92. The Kier molecular flexibility index (Phi) is 9.58. The monoisotopic (exact) mass is 332 g/mol. The van der Waals surface area contributed by atoms with Crippen molar-refractivity contribution in [3.05, 3.63) is 35.4 Å². The minimum atomic E-state index is 0.0771. The number of hydrogen-bond acceptors (Lipinski definition) is 2. The summed E-state index contributed by atoms with van der Waals surface area (Å²) in [5.41, 5.74) is 2.56. The maximum Gasteiger partial charge on any atom is 0.221 e. The molecule has 1 unspecified atom stereocenters. The van der Waals surface area contributed by atoms with Gasteiger partial charge in [0.15, 0.2) is 5.96 Å². The number of rotatable bonds is 9. The van der Waals surface area contributed by atoms with E-state index in [0.717, 1.165) is 25.5 Å². The third-order valence-electron chi connectivity index (χ3n) is 3.73. The van der Waals surface area contributed by atoms with Crippen LogP contribution in [0.4, 0.5) is 0 Å². The molecule has 0 aromatic heterocycles. The van der Waals surface area contributed by atoms with E-state index < -0.39 is 0 Å². The first-order chi connectivity index (χ1) is 11.6. The Morgan fingerprint density at radius 1 is 1.08 bits per heavy atom. The number of guanidine groups is 1. The number of hydrogen-bond donors (Lipinski definition) is 3. The zero-order valence-corrected chi connectivity index (χ0v) is 15.5. The van der Waals surface area contributed by atoms with Crippen LogP contribution < -0.4 is 16.0 Å². The van der Waals surface area contributed by atoms with Gasteiger partial charge in [-0.15, -0.1) is 0 Å². The number of nitrogens with one attached hydrogen (secondary N) is 3. The molecule has 0 aliphatic heterocycles. The van der Waals surface area contributed by atoms with Crippen LogP contribution in [0.1, 0.15) is 50.7 Å². The van der Waals surface area contributed by atoms with Crippen molar-refractivity contribution < 1.29 is 4.79 Å². The molecule has 1 atom stereocenters. The lowest BCUT2D eigenvalue weighted by Crippen LogP contribution is -2.39. The Morgan fingerprint density at radius 2 is 1.79 bits per heavy atom. The predicted molar refractivity (Wildman–Crippen MR) is 101 cm³/mol. The second-order valence-corrected chi connectivity index (χ2v) is 6.06. The van der Waals surface area contributed by atoms with Crippen molar-refractivity contribution >= 4 is 11.9 Å². The van der Waals surface area contributed by atoms with Gasteiger partial charge in [-0.05, 0) is 25.8 Å². The van der Waals surface area contributed by atoms with Crippen LogP contribution in [0.3, 0.4) is 0 Å². The second kappa shape index (κ2) is 11.5. The normalized spacial score (nSPS) is 12.6. The zero-order chi connectivity index (χ0) is 17.8. The minimum absolute atomic E-state index is 0.0771. The molecule has 0 heterocycles. The van der Waals surface area contributed by atoms with E-state index in [4.69, 9.17) is 0 Å². The molecule has 0 aliphatic rings. The van der Waals surface area contributed by atoms with Gasteiger partial charge in [0.1, 0.15) is 0 Å². The van der Waals surface area contributed by atoms with Crippen molar-refractivity contribution in [2.45, 2.75) is 46.5 Å². The van der Waals surface area contributed by atoms with Crippen molar-refractivity contribution in [3.8, 4) is 0 Å². The van der Waals surface area contributed by atoms with Crippen LogP contribution in [0.5, 0.6) is 0 Å². The van der Waals surface area contributed by atoms with Gasteiger partial charge in [0.05, 0.1) is 0 Å². The highest BCUT2D eigenvalue weighted by Gasteiger charge is 2.06. The third-order valence-corrected chi connectivity index (χ3v) is 3.73. The number of aliphatic imine (C=N–C) groups is 1. The molecule has 1 aromatic carbocycles. The van der Waals surface area contributed by atoms with Crippen molar-refractivity contribution in [3.63, 3.8) is 0 Å². The molecule has 0 spiro atoms. The molecule has 0 saturated heterocycles. The molecule has 3 N–H and O–H groups in total. The molecular formula is C19H32N4O. The van der Waals surface area contributed by atoms with Gasteiger partial charge in [0.25, 0.3) is 0 Å². The molecule has 1 rings (SSSR count). The summed E-state index contributed by atoms with van der Waals surface area (Å²) >= 11 is 0. The molecule has 0 fully saturated rings. The van der Waals surface area contributed by atoms with Gasteiger partial charge in [0.2, 0.25) is 5.91 Å². The summed E-state index contributed by atoms with van der Waals surface area (Å²) in [7, 11) is 0. The maximum absolute atomic E-state index is 11.6. The highest BCUT2D eigenvalue weighted by atomic mass is 16.1. The lowest BCUT2D eigenvalue weighted by Gasteiger charge is -2.14. The van der Waals surface area contributed by atoms with Crippen molar-refractivity contribution in [1.29, 1.82) is 0 Å². The van der Waals surface area contributed by atoms with Crippen LogP contribution in [0, 0.1) is 6.92 Å². The zero-order valence-electron chi connectivity index (χ0n) is 15.5. The number of carbonyl (C=O) groups excluding carboxylic acids is 1. The summed E-state index contributed by atoms with van der Waals surface area (Å²) in [6.07, 6.45) is 1.41. The molecule has 1 amide bonds. The summed E-state index contributed by atoms with van der Waals surface area (Å²) < 4.78 is 0. The third kappa shape index (κ3) is 7.99. The molecule has 0 bridgehead atoms. The fraction of sp³-hybridized carbons (Fsp3) is 0.579. The molecule has 5 heteroatoms. The highest BCUT2D eigenvalue weighted by molar-refractivity contribution is 5.81. The summed E-state index contributed by atoms with van der Waals surface area (Å²) in [6.45, 7) is 11.2. The van der Waals surface area contributed by atoms with E-state index in [0.29, 0.717) is 25.4 Å². The molecular weight excluding hydrogens is 300 g/mol. The molecule has 24 heavy (non-hydrogen) atoms. The van der Waals surface area contributed by atoms with Crippen molar-refractivity contribution in [2.75, 3.05) is 26.2 Å². The Morgan fingerprint density at radius 3 is 2.42 bits per heavy atom. The Bertz CT molecular complexity index is 511. The Balaban J connectivity index is 2.46. The topological polar surface area (TPSA) is 65.5 Å². The quantitative estimate of drug-likeness (QED) is 0.481. The SMILES string of the molecule is CCCNC(=O)CCNC(=NCC(C)c1ccc(C)cc1)NCC. The maximum atomic E-state index is 11.6. The van der Waals surface area contributed by atoms with Crippen molar-refractivity contribution in [2.24, 2.45) is 4.99 Å². The van der Waals surface area contributed by atoms with E-state index in [-0.39, 0.29) is 5.91 Å². The van der Waals surface area contributed by atoms with E-state index in [1.165, 1.54) is 11.1 Å². The summed E-state index contributed by atoms with van der Waals surface area (Å²) in [6, 6.07) is 8.59. The fourth-order valence-electron chi connectivity index (χ4n) is 2.22. The van der Waals surface area contributed by atoms with E-state index in [1.54, 1.807) is 0 Å². The van der Waals surface area contributed by atoms with Gasteiger partial charge in [0, 0.05) is 38.5 Å². The number of amides is 1. The van der Waals surface area contributed by atoms with Crippen LogP contribution in [-0.2, 0) is 4.79 Å². The van der Waals surface area contributed by atoms with Gasteiger partial charge < -0.3 is 16.0 Å². The average Bonchev–Trinajstić information content (AvgIpc) is 2.58. The standard InChI is InChI=1S/C19H32N4O/c1-5-12-21-18(24)11-13-22-19(20-6-2)23-14-16(4)17-9-7-15(3)8-10-17/h7-10,16H,5-6,11-14H2,1-4H3,(H,21,24)(H2,20,22,23). The molecule has 134 valence electrons. The summed E-state index contributed by atoms with van der Waals surface area (Å²) in [4.78, 5) is 16.2. The largest absolute Gasteiger partial charge is 0.357 e. The fourth-order valence-corrected chi connectivity index (χ4v) is 2.22. The van der Waals surface area contributed by atoms with Gasteiger partial charge in [-0.3, -0.25) is 9.79 Å². The Labute approximate surface area is 146 Å². The highest BCUT2D eigenvalue weighted by Crippen LogP contribution is 2.15. The van der Waals surface area contributed by atoms with E-state index in [1.807, 2.05) is 13.8 Å². The lowest BCUT2D eigenvalue weighted by molar-refractivity contribution is -0.120. The van der Waals surface area contributed by atoms with E-state index in [2.05, 4.69) is 59.1 Å². The Hall–Kier alpha value is -2.04. The van der Waals surface area contributed by atoms with Crippen LogP contribution >= 0.6 is 0 Å². The van der Waals surface area contributed by atoms with Gasteiger partial charge in [-0.1, -0.05) is 43.7 Å². The number of carbonyl (C=O) groups is 1. The van der Waals surface area contributed by atoms with Gasteiger partial charge >= 0.3 is 0 Å². The van der Waals surface area contributed by atoms with Gasteiger partial charge in [-0.25, -0.2) is 0 Å². The average molecular weight is 332 g/mol. The molecule has 0 radical (unpaired) electrons. The van der Waals surface area contributed by atoms with Crippen LogP contribution in [0.2, 0.25) is 0 Å². The number of benzene rings is 1. The first-order valence-corrected chi connectivity index (χ1v) is 8.92. The predicted octanol–water partition coefficient (Wildman–Crippen LogP) is 2.57. The second-order valence-electron chi connectivity index (χ2n) is 6.06. The van der Waals surface area contributed by atoms with Crippen molar-refractivity contribution in [1.82, 2.24) is 16.0 Å². The number of aryl methyl sites for hydroxylation is 1. The molecule has 5 nitrogen and oxygen atoms in total.